The number of hydrogen-bond acceptors (Lipinski definition) is 4. The summed E-state index contributed by atoms with van der Waals surface area (Å²) in [5.74, 6) is -0.198. The van der Waals surface area contributed by atoms with Crippen molar-refractivity contribution in [3.63, 3.8) is 0 Å². The van der Waals surface area contributed by atoms with E-state index in [0.29, 0.717) is 6.42 Å². The lowest BCUT2D eigenvalue weighted by molar-refractivity contribution is -0.114. The lowest BCUT2D eigenvalue weighted by atomic mass is 10.1. The van der Waals surface area contributed by atoms with Crippen LogP contribution in [0.2, 0.25) is 0 Å². The third-order valence-corrected chi connectivity index (χ3v) is 5.80. The number of ketones is 1. The Morgan fingerprint density at radius 2 is 1.74 bits per heavy atom. The molecule has 0 bridgehead atoms. The number of benzene rings is 1. The molecule has 0 aromatic heterocycles. The number of sulfonamides is 1. The summed E-state index contributed by atoms with van der Waals surface area (Å²) in [6.45, 7) is 5.98. The van der Waals surface area contributed by atoms with Gasteiger partial charge in [-0.1, -0.05) is 50.3 Å². The van der Waals surface area contributed by atoms with E-state index in [1.165, 1.54) is 24.6 Å². The molecule has 1 aromatic carbocycles. The number of unbranched alkanes of at least 4 members (excludes halogenated alkanes) is 4. The van der Waals surface area contributed by atoms with Crippen LogP contribution in [0.25, 0.3) is 0 Å². The second kappa shape index (κ2) is 12.1. The first-order valence-corrected chi connectivity index (χ1v) is 11.5. The maximum Gasteiger partial charge on any atom is 0.285 e. The molecule has 0 saturated carbocycles. The fraction of sp³-hybridized carbons (Fsp3) is 0.500. The Balaban J connectivity index is 2.89. The number of halogens is 1. The number of nitrogens with zero attached hydrogens (tertiary/aromatic N) is 1. The third-order valence-electron chi connectivity index (χ3n) is 3.85. The zero-order chi connectivity index (χ0) is 20.3. The van der Waals surface area contributed by atoms with Crippen LogP contribution in [0.15, 0.2) is 44.1 Å². The normalized spacial score (nSPS) is 12.9. The summed E-state index contributed by atoms with van der Waals surface area (Å²) in [5.41, 5.74) is 0.954. The highest BCUT2D eigenvalue weighted by Crippen LogP contribution is 2.17. The van der Waals surface area contributed by atoms with Gasteiger partial charge in [0.15, 0.2) is 5.78 Å². The van der Waals surface area contributed by atoms with Crippen LogP contribution in [0, 0.1) is 6.92 Å². The van der Waals surface area contributed by atoms with Gasteiger partial charge in [-0.05, 0) is 48.3 Å². The van der Waals surface area contributed by atoms with Crippen LogP contribution in [0.3, 0.4) is 0 Å². The van der Waals surface area contributed by atoms with Gasteiger partial charge >= 0.3 is 0 Å². The van der Waals surface area contributed by atoms with E-state index in [2.05, 4.69) is 27.3 Å². The Hall–Kier alpha value is -1.47. The molecule has 0 radical (unpaired) electrons. The van der Waals surface area contributed by atoms with Crippen molar-refractivity contribution >= 4 is 37.6 Å². The molecule has 0 atom stereocenters. The van der Waals surface area contributed by atoms with Crippen molar-refractivity contribution in [3.8, 4) is 0 Å². The molecule has 0 aliphatic heterocycles. The summed E-state index contributed by atoms with van der Waals surface area (Å²) in [5, 5.41) is 0. The number of hydrogen-bond donors (Lipinski definition) is 0. The topological polar surface area (TPSA) is 72.8 Å². The zero-order valence-corrected chi connectivity index (χ0v) is 18.6. The van der Waals surface area contributed by atoms with Crippen molar-refractivity contribution in [2.24, 2.45) is 4.40 Å². The van der Waals surface area contributed by atoms with Gasteiger partial charge in [0.25, 0.3) is 10.0 Å². The van der Waals surface area contributed by atoms with E-state index >= 15 is 0 Å². The van der Waals surface area contributed by atoms with Gasteiger partial charge in [0.2, 0.25) is 5.90 Å². The maximum absolute atomic E-state index is 12.5. The number of Topliss-reactive ketones (excluding diaryl/α,β-unsaturated/α-hetero) is 1. The van der Waals surface area contributed by atoms with Crippen LogP contribution in [0.4, 0.5) is 0 Å². The van der Waals surface area contributed by atoms with Gasteiger partial charge < -0.3 is 4.74 Å². The van der Waals surface area contributed by atoms with E-state index in [-0.39, 0.29) is 27.7 Å². The van der Waals surface area contributed by atoms with Crippen LogP contribution >= 0.6 is 15.9 Å². The maximum atomic E-state index is 12.5. The fourth-order valence-electron chi connectivity index (χ4n) is 2.32. The number of carbonyl (C=O) groups excluding carboxylic acids is 1. The average molecular weight is 458 g/mol. The average Bonchev–Trinajstić information content (AvgIpc) is 2.61. The van der Waals surface area contributed by atoms with Crippen LogP contribution in [-0.2, 0) is 19.6 Å². The molecule has 0 saturated heterocycles. The first-order valence-electron chi connectivity index (χ1n) is 9.25. The standard InChI is InChI=1S/C20H28BrNO4S/c1-4-6-7-8-9-10-19(23)18(21)15-20(26-5-2)22-27(24,25)17-13-11-16(3)12-14-17/h11-15H,4-10H2,1-3H3/b18-15+,22-20+. The smallest absolute Gasteiger partial charge is 0.285 e. The van der Waals surface area contributed by atoms with Gasteiger partial charge in [-0.2, -0.15) is 8.42 Å². The van der Waals surface area contributed by atoms with E-state index in [0.717, 1.165) is 31.2 Å². The molecule has 1 rings (SSSR count). The first kappa shape index (κ1) is 23.6. The van der Waals surface area contributed by atoms with Gasteiger partial charge in [-0.3, -0.25) is 4.79 Å². The van der Waals surface area contributed by atoms with Crippen molar-refractivity contribution < 1.29 is 17.9 Å². The van der Waals surface area contributed by atoms with Gasteiger partial charge in [0, 0.05) is 12.5 Å². The van der Waals surface area contributed by atoms with Crippen molar-refractivity contribution in [2.45, 2.75) is 64.2 Å². The molecule has 0 amide bonds. The van der Waals surface area contributed by atoms with Gasteiger partial charge in [0.1, 0.15) is 0 Å². The van der Waals surface area contributed by atoms with Crippen molar-refractivity contribution in [2.75, 3.05) is 6.61 Å². The summed E-state index contributed by atoms with van der Waals surface area (Å²) in [7, 11) is -3.91. The molecule has 150 valence electrons. The van der Waals surface area contributed by atoms with Crippen LogP contribution in [0.1, 0.15) is 57.9 Å². The largest absolute Gasteiger partial charge is 0.477 e. The summed E-state index contributed by atoms with van der Waals surface area (Å²) in [4.78, 5) is 12.3. The molecule has 5 nitrogen and oxygen atoms in total. The van der Waals surface area contributed by atoms with Gasteiger partial charge in [0.05, 0.1) is 16.0 Å². The SMILES string of the molecule is CCCCCCCC(=O)/C(Br)=C\C(=N/S(=O)(=O)c1ccc(C)cc1)OCC. The molecule has 1 aromatic rings. The van der Waals surface area contributed by atoms with Gasteiger partial charge in [-0.15, -0.1) is 4.40 Å². The summed E-state index contributed by atoms with van der Waals surface area (Å²) in [6.07, 6.45) is 7.00. The highest BCUT2D eigenvalue weighted by Gasteiger charge is 2.15. The van der Waals surface area contributed by atoms with Crippen LogP contribution in [-0.4, -0.2) is 26.7 Å². The lowest BCUT2D eigenvalue weighted by Gasteiger charge is -2.06. The Bertz CT molecular complexity index is 768. The molecule has 27 heavy (non-hydrogen) atoms. The minimum Gasteiger partial charge on any atom is -0.477 e. The second-order valence-electron chi connectivity index (χ2n) is 6.23. The predicted molar refractivity (Wildman–Crippen MR) is 113 cm³/mol. The Morgan fingerprint density at radius 3 is 2.33 bits per heavy atom. The molecule has 0 aliphatic carbocycles. The number of carbonyl (C=O) groups is 1. The zero-order valence-electron chi connectivity index (χ0n) is 16.2. The molecule has 0 spiro atoms. The summed E-state index contributed by atoms with van der Waals surface area (Å²) >= 11 is 3.23. The highest BCUT2D eigenvalue weighted by atomic mass is 79.9. The monoisotopic (exact) mass is 457 g/mol. The number of aryl methyl sites for hydroxylation is 1. The van der Waals surface area contributed by atoms with Crippen molar-refractivity contribution in [3.05, 3.63) is 40.4 Å². The van der Waals surface area contributed by atoms with Crippen LogP contribution < -0.4 is 0 Å². The summed E-state index contributed by atoms with van der Waals surface area (Å²) in [6, 6.07) is 6.41. The Kier molecular flexibility index (Phi) is 10.5. The molecular weight excluding hydrogens is 430 g/mol. The molecule has 0 N–H and O–H groups in total. The molecule has 0 fully saturated rings. The Labute approximate surface area is 171 Å². The predicted octanol–water partition coefficient (Wildman–Crippen LogP) is 5.33. The first-order chi connectivity index (χ1) is 12.8. The van der Waals surface area contributed by atoms with E-state index in [4.69, 9.17) is 4.74 Å². The van der Waals surface area contributed by atoms with Crippen LogP contribution in [0.5, 0.6) is 0 Å². The lowest BCUT2D eigenvalue weighted by Crippen LogP contribution is -2.09. The third kappa shape index (κ3) is 8.84. The molecule has 7 heteroatoms. The van der Waals surface area contributed by atoms with E-state index < -0.39 is 10.0 Å². The quantitative estimate of drug-likeness (QED) is 0.195. The summed E-state index contributed by atoms with van der Waals surface area (Å²) < 4.78 is 34.2. The molecule has 0 heterocycles. The number of ether oxygens (including phenoxy) is 1. The number of rotatable bonds is 11. The highest BCUT2D eigenvalue weighted by molar-refractivity contribution is 9.12. The second-order valence-corrected chi connectivity index (χ2v) is 8.69. The van der Waals surface area contributed by atoms with E-state index in [1.807, 2.05) is 6.92 Å². The Morgan fingerprint density at radius 1 is 1.11 bits per heavy atom. The van der Waals surface area contributed by atoms with Crippen molar-refractivity contribution in [1.82, 2.24) is 0 Å². The number of allylic oxidation sites excluding steroid dienone is 1. The minimum absolute atomic E-state index is 0.0806. The van der Waals surface area contributed by atoms with E-state index in [1.54, 1.807) is 19.1 Å². The molecular formula is C20H28BrNO4S. The minimum atomic E-state index is -3.91. The molecule has 0 unspecified atom stereocenters. The van der Waals surface area contributed by atoms with Crippen molar-refractivity contribution in [1.29, 1.82) is 0 Å². The molecule has 0 aliphatic rings. The van der Waals surface area contributed by atoms with Gasteiger partial charge in [-0.25, -0.2) is 0 Å². The van der Waals surface area contributed by atoms with E-state index in [9.17, 15) is 13.2 Å². The fourth-order valence-corrected chi connectivity index (χ4v) is 3.64.